The number of Topliss-reactive ketones (excluding diaryl/α,β-unsaturated/α-hetero) is 1. The summed E-state index contributed by atoms with van der Waals surface area (Å²) in [6.07, 6.45) is 0.212. The maximum Gasteiger partial charge on any atom is 0.330 e. The molecule has 0 saturated heterocycles. The number of aliphatic carboxylic acids is 1. The molecule has 0 aliphatic carbocycles. The van der Waals surface area contributed by atoms with Gasteiger partial charge in [-0.1, -0.05) is 81.4 Å². The molecular formula is C22H25NO4S. The number of carboxylic acids is 1. The van der Waals surface area contributed by atoms with Crippen LogP contribution in [0.5, 0.6) is 0 Å². The van der Waals surface area contributed by atoms with Gasteiger partial charge in [-0.3, -0.25) is 9.59 Å². The van der Waals surface area contributed by atoms with Gasteiger partial charge in [0.15, 0.2) is 5.54 Å². The summed E-state index contributed by atoms with van der Waals surface area (Å²) >= 11 is 0.711. The monoisotopic (exact) mass is 399 g/mol. The molecule has 2 atom stereocenters. The van der Waals surface area contributed by atoms with Crippen molar-refractivity contribution in [2.45, 2.75) is 32.7 Å². The van der Waals surface area contributed by atoms with E-state index in [2.05, 4.69) is 4.72 Å². The van der Waals surface area contributed by atoms with Crippen molar-refractivity contribution in [3.05, 3.63) is 71.8 Å². The van der Waals surface area contributed by atoms with Crippen molar-refractivity contribution in [3.63, 3.8) is 0 Å². The topological polar surface area (TPSA) is 83.5 Å². The van der Waals surface area contributed by atoms with E-state index in [0.717, 1.165) is 0 Å². The van der Waals surface area contributed by atoms with Gasteiger partial charge in [-0.25, -0.2) is 9.52 Å². The van der Waals surface area contributed by atoms with Crippen molar-refractivity contribution in [2.24, 2.45) is 11.8 Å². The Morgan fingerprint density at radius 2 is 1.54 bits per heavy atom. The standard InChI is InChI=1S/C22H25NO4S/c1-4-18(24)19(15(2)3)22(21(26)27,17-13-9-6-10-14-17)23-28-20(25)16-11-7-5-8-12-16/h5-15,19,23H,4H2,1-3H3,(H,26,27)/t19-,22+/m1/s1. The SMILES string of the molecule is CCC(=O)[C@@H](C(C)C)[C@](NSC(=O)c1ccccc1)(C(=O)O)c1ccccc1. The van der Waals surface area contributed by atoms with Gasteiger partial charge in [0.1, 0.15) is 5.78 Å². The number of nitrogens with one attached hydrogen (secondary N) is 1. The average Bonchev–Trinajstić information content (AvgIpc) is 2.71. The van der Waals surface area contributed by atoms with E-state index in [4.69, 9.17) is 0 Å². The van der Waals surface area contributed by atoms with Crippen molar-refractivity contribution in [1.82, 2.24) is 4.72 Å². The van der Waals surface area contributed by atoms with E-state index in [1.807, 2.05) is 13.8 Å². The second-order valence-electron chi connectivity index (χ2n) is 6.88. The van der Waals surface area contributed by atoms with Gasteiger partial charge in [0, 0.05) is 23.9 Å². The fourth-order valence-corrected chi connectivity index (χ4v) is 4.24. The number of carbonyl (C=O) groups excluding carboxylic acids is 2. The van der Waals surface area contributed by atoms with E-state index in [9.17, 15) is 19.5 Å². The highest BCUT2D eigenvalue weighted by atomic mass is 32.2. The zero-order valence-corrected chi connectivity index (χ0v) is 17.0. The Morgan fingerprint density at radius 3 is 2.00 bits per heavy atom. The molecule has 0 saturated carbocycles. The van der Waals surface area contributed by atoms with Gasteiger partial charge < -0.3 is 5.11 Å². The minimum absolute atomic E-state index is 0.165. The van der Waals surface area contributed by atoms with Crippen LogP contribution in [0, 0.1) is 11.8 Å². The summed E-state index contributed by atoms with van der Waals surface area (Å²) in [6, 6.07) is 17.2. The van der Waals surface area contributed by atoms with Crippen LogP contribution in [0.15, 0.2) is 60.7 Å². The lowest BCUT2D eigenvalue weighted by Gasteiger charge is -2.39. The molecule has 0 amide bonds. The third-order valence-corrected chi connectivity index (χ3v) is 5.55. The lowest BCUT2D eigenvalue weighted by Crippen LogP contribution is -2.56. The third-order valence-electron chi connectivity index (χ3n) is 4.71. The van der Waals surface area contributed by atoms with Crippen LogP contribution in [0.25, 0.3) is 0 Å². The van der Waals surface area contributed by atoms with E-state index in [1.165, 1.54) is 0 Å². The van der Waals surface area contributed by atoms with Gasteiger partial charge in [0.2, 0.25) is 5.12 Å². The molecule has 0 fully saturated rings. The smallest absolute Gasteiger partial charge is 0.330 e. The normalized spacial score (nSPS) is 14.3. The largest absolute Gasteiger partial charge is 0.480 e. The lowest BCUT2D eigenvalue weighted by atomic mass is 9.70. The fourth-order valence-electron chi connectivity index (χ4n) is 3.40. The van der Waals surface area contributed by atoms with E-state index < -0.39 is 17.4 Å². The van der Waals surface area contributed by atoms with Crippen LogP contribution >= 0.6 is 11.9 Å². The minimum atomic E-state index is -1.72. The van der Waals surface area contributed by atoms with Crippen molar-refractivity contribution in [2.75, 3.05) is 0 Å². The molecule has 148 valence electrons. The number of hydrogen-bond acceptors (Lipinski definition) is 5. The quantitative estimate of drug-likeness (QED) is 0.612. The van der Waals surface area contributed by atoms with Gasteiger partial charge in [0.05, 0.1) is 5.92 Å². The lowest BCUT2D eigenvalue weighted by molar-refractivity contribution is -0.151. The maximum atomic E-state index is 12.8. The van der Waals surface area contributed by atoms with E-state index in [0.29, 0.717) is 23.1 Å². The summed E-state index contributed by atoms with van der Waals surface area (Å²) in [5.74, 6) is -2.44. The number of rotatable bonds is 9. The predicted octanol–water partition coefficient (Wildman–Crippen LogP) is 4.30. The van der Waals surface area contributed by atoms with Crippen LogP contribution < -0.4 is 4.72 Å². The highest BCUT2D eigenvalue weighted by Gasteiger charge is 2.52. The Morgan fingerprint density at radius 1 is 1.00 bits per heavy atom. The van der Waals surface area contributed by atoms with Crippen LogP contribution in [0.2, 0.25) is 0 Å². The molecule has 2 rings (SSSR count). The molecule has 6 heteroatoms. The van der Waals surface area contributed by atoms with Gasteiger partial charge in [-0.2, -0.15) is 0 Å². The summed E-state index contributed by atoms with van der Waals surface area (Å²) < 4.78 is 2.89. The molecular weight excluding hydrogens is 374 g/mol. The first-order chi connectivity index (χ1) is 13.3. The number of benzene rings is 2. The zero-order valence-electron chi connectivity index (χ0n) is 16.2. The molecule has 0 aliphatic heterocycles. The van der Waals surface area contributed by atoms with E-state index in [-0.39, 0.29) is 23.2 Å². The molecule has 28 heavy (non-hydrogen) atoms. The summed E-state index contributed by atoms with van der Waals surface area (Å²) in [4.78, 5) is 38.0. The third kappa shape index (κ3) is 4.51. The molecule has 0 unspecified atom stereocenters. The second kappa shape index (κ2) is 9.66. The Kier molecular flexibility index (Phi) is 7.54. The first kappa shape index (κ1) is 21.9. The van der Waals surface area contributed by atoms with Crippen LogP contribution in [-0.2, 0) is 15.1 Å². The fraction of sp³-hybridized carbons (Fsp3) is 0.318. The van der Waals surface area contributed by atoms with Gasteiger partial charge in [-0.15, -0.1) is 0 Å². The molecule has 2 aromatic carbocycles. The Bertz CT molecular complexity index is 823. The highest BCUT2D eigenvalue weighted by Crippen LogP contribution is 2.38. The minimum Gasteiger partial charge on any atom is -0.480 e. The Balaban J connectivity index is 2.52. The van der Waals surface area contributed by atoms with Crippen molar-refractivity contribution >= 4 is 28.8 Å². The number of carboxylic acid groups (broad SMARTS) is 1. The molecule has 0 aromatic heterocycles. The van der Waals surface area contributed by atoms with E-state index >= 15 is 0 Å². The van der Waals surface area contributed by atoms with Gasteiger partial charge >= 0.3 is 5.97 Å². The Labute approximate surface area is 169 Å². The first-order valence-corrected chi connectivity index (χ1v) is 10.0. The molecule has 0 radical (unpaired) electrons. The maximum absolute atomic E-state index is 12.8. The van der Waals surface area contributed by atoms with Gasteiger partial charge in [-0.05, 0) is 11.5 Å². The summed E-state index contributed by atoms with van der Waals surface area (Å²) in [5, 5.41) is 9.97. The molecule has 0 aliphatic rings. The molecule has 0 heterocycles. The van der Waals surface area contributed by atoms with Crippen molar-refractivity contribution in [3.8, 4) is 0 Å². The predicted molar refractivity (Wildman–Crippen MR) is 111 cm³/mol. The molecule has 0 bridgehead atoms. The summed E-state index contributed by atoms with van der Waals surface area (Å²) in [7, 11) is 0. The summed E-state index contributed by atoms with van der Waals surface area (Å²) in [5.41, 5.74) is -0.830. The van der Waals surface area contributed by atoms with Crippen molar-refractivity contribution in [1.29, 1.82) is 0 Å². The molecule has 0 spiro atoms. The van der Waals surface area contributed by atoms with Crippen LogP contribution in [0.1, 0.15) is 43.1 Å². The second-order valence-corrected chi connectivity index (χ2v) is 7.66. The number of hydrogen-bond donors (Lipinski definition) is 2. The summed E-state index contributed by atoms with van der Waals surface area (Å²) in [6.45, 7) is 5.37. The molecule has 5 nitrogen and oxygen atoms in total. The van der Waals surface area contributed by atoms with Crippen molar-refractivity contribution < 1.29 is 19.5 Å². The number of carbonyl (C=O) groups is 3. The van der Waals surface area contributed by atoms with Crippen LogP contribution in [-0.4, -0.2) is 22.0 Å². The zero-order chi connectivity index (χ0) is 20.7. The van der Waals surface area contributed by atoms with Crippen LogP contribution in [0.4, 0.5) is 0 Å². The molecule has 2 aromatic rings. The van der Waals surface area contributed by atoms with Crippen LogP contribution in [0.3, 0.4) is 0 Å². The number of ketones is 1. The highest BCUT2D eigenvalue weighted by molar-refractivity contribution is 8.12. The molecule has 2 N–H and O–H groups in total. The van der Waals surface area contributed by atoms with E-state index in [1.54, 1.807) is 67.6 Å². The first-order valence-electron chi connectivity index (χ1n) is 9.19. The van der Waals surface area contributed by atoms with Gasteiger partial charge in [0.25, 0.3) is 0 Å². The average molecular weight is 400 g/mol. The Hall–Kier alpha value is -2.44.